The molecule has 0 N–H and O–H groups in total. The Balaban J connectivity index is 2.75. The van der Waals surface area contributed by atoms with Crippen molar-refractivity contribution >= 4 is 0 Å². The van der Waals surface area contributed by atoms with E-state index < -0.39 is 0 Å². The van der Waals surface area contributed by atoms with E-state index in [1.807, 2.05) is 38.1 Å². The molecule has 2 aromatic rings. The van der Waals surface area contributed by atoms with Gasteiger partial charge in [-0.25, -0.2) is 0 Å². The van der Waals surface area contributed by atoms with Crippen LogP contribution in [0.25, 0.3) is 5.69 Å². The van der Waals surface area contributed by atoms with Crippen molar-refractivity contribution in [3.05, 3.63) is 64.1 Å². The minimum atomic E-state index is 0.00917. The van der Waals surface area contributed by atoms with Crippen LogP contribution in [0.1, 0.15) is 11.1 Å². The van der Waals surface area contributed by atoms with E-state index in [4.69, 9.17) is 0 Å². The maximum Gasteiger partial charge on any atom is 0.255 e. The number of pyridine rings is 1. The van der Waals surface area contributed by atoms with E-state index in [1.54, 1.807) is 22.9 Å². The quantitative estimate of drug-likeness (QED) is 0.691. The fraction of sp³-hybridized carbons (Fsp3) is 0.154. The van der Waals surface area contributed by atoms with E-state index in [-0.39, 0.29) is 5.56 Å². The Morgan fingerprint density at radius 3 is 2.20 bits per heavy atom. The van der Waals surface area contributed by atoms with Gasteiger partial charge < -0.3 is 0 Å². The van der Waals surface area contributed by atoms with E-state index >= 15 is 0 Å². The molecular formula is C13H13NO. The molecule has 0 aliphatic carbocycles. The number of aryl methyl sites for hydroxylation is 2. The number of nitrogens with zero attached hydrogens (tertiary/aromatic N) is 1. The molecule has 2 nitrogen and oxygen atoms in total. The van der Waals surface area contributed by atoms with Gasteiger partial charge in [-0.1, -0.05) is 24.3 Å². The van der Waals surface area contributed by atoms with Gasteiger partial charge in [0.1, 0.15) is 0 Å². The first-order chi connectivity index (χ1) is 7.20. The molecule has 1 aromatic carbocycles. The molecule has 0 bridgehead atoms. The van der Waals surface area contributed by atoms with Gasteiger partial charge in [0.05, 0.1) is 5.69 Å². The number of para-hydroxylation sites is 1. The van der Waals surface area contributed by atoms with E-state index in [2.05, 4.69) is 0 Å². The standard InChI is InChI=1S/C13H13NO/c1-10-6-5-7-11(2)13(10)14-9-4-3-8-12(14)15/h3-9H,1-2H3. The molecule has 0 radical (unpaired) electrons. The highest BCUT2D eigenvalue weighted by Gasteiger charge is 2.04. The summed E-state index contributed by atoms with van der Waals surface area (Å²) < 4.78 is 1.69. The van der Waals surface area contributed by atoms with Crippen molar-refractivity contribution in [1.29, 1.82) is 0 Å². The third-order valence-electron chi connectivity index (χ3n) is 2.50. The average molecular weight is 199 g/mol. The number of rotatable bonds is 1. The monoisotopic (exact) mass is 199 g/mol. The lowest BCUT2D eigenvalue weighted by atomic mass is 10.1. The lowest BCUT2D eigenvalue weighted by molar-refractivity contribution is 0.965. The van der Waals surface area contributed by atoms with Crippen molar-refractivity contribution in [3.8, 4) is 5.69 Å². The van der Waals surface area contributed by atoms with Gasteiger partial charge in [-0.2, -0.15) is 0 Å². The lowest BCUT2D eigenvalue weighted by Crippen LogP contribution is -2.17. The smallest absolute Gasteiger partial charge is 0.255 e. The summed E-state index contributed by atoms with van der Waals surface area (Å²) in [6.07, 6.45) is 1.80. The molecule has 0 spiro atoms. The molecule has 2 rings (SSSR count). The Labute approximate surface area is 88.8 Å². The molecule has 0 saturated carbocycles. The first kappa shape index (κ1) is 9.71. The molecule has 1 aromatic heterocycles. The molecule has 0 amide bonds. The largest absolute Gasteiger partial charge is 0.284 e. The van der Waals surface area contributed by atoms with Crippen LogP contribution < -0.4 is 5.56 Å². The van der Waals surface area contributed by atoms with Gasteiger partial charge >= 0.3 is 0 Å². The number of benzene rings is 1. The van der Waals surface area contributed by atoms with Crippen LogP contribution >= 0.6 is 0 Å². The molecule has 0 saturated heterocycles. The highest BCUT2D eigenvalue weighted by Crippen LogP contribution is 2.16. The van der Waals surface area contributed by atoms with Crippen molar-refractivity contribution in [1.82, 2.24) is 4.57 Å². The Morgan fingerprint density at radius 2 is 1.60 bits per heavy atom. The molecule has 1 heterocycles. The van der Waals surface area contributed by atoms with Crippen LogP contribution in [-0.2, 0) is 0 Å². The van der Waals surface area contributed by atoms with Crippen LogP contribution in [0.3, 0.4) is 0 Å². The summed E-state index contributed by atoms with van der Waals surface area (Å²) in [6, 6.07) is 11.2. The molecule has 0 fully saturated rings. The molecule has 0 unspecified atom stereocenters. The van der Waals surface area contributed by atoms with Gasteiger partial charge in [-0.3, -0.25) is 9.36 Å². The molecule has 0 atom stereocenters. The summed E-state index contributed by atoms with van der Waals surface area (Å²) in [5.74, 6) is 0. The molecule has 0 aliphatic rings. The maximum atomic E-state index is 11.7. The maximum absolute atomic E-state index is 11.7. The Hall–Kier alpha value is -1.83. The topological polar surface area (TPSA) is 22.0 Å². The van der Waals surface area contributed by atoms with Gasteiger partial charge in [-0.15, -0.1) is 0 Å². The minimum absolute atomic E-state index is 0.00917. The normalized spacial score (nSPS) is 10.3. The molecule has 0 aliphatic heterocycles. The highest BCUT2D eigenvalue weighted by atomic mass is 16.1. The third-order valence-corrected chi connectivity index (χ3v) is 2.50. The molecular weight excluding hydrogens is 186 g/mol. The molecule has 2 heteroatoms. The van der Waals surface area contributed by atoms with Crippen LogP contribution in [-0.4, -0.2) is 4.57 Å². The lowest BCUT2D eigenvalue weighted by Gasteiger charge is -2.11. The summed E-state index contributed by atoms with van der Waals surface area (Å²) in [7, 11) is 0. The third kappa shape index (κ3) is 1.71. The van der Waals surface area contributed by atoms with Crippen molar-refractivity contribution in [2.45, 2.75) is 13.8 Å². The Bertz CT molecular complexity index is 520. The van der Waals surface area contributed by atoms with Gasteiger partial charge in [0.15, 0.2) is 0 Å². The zero-order valence-corrected chi connectivity index (χ0v) is 8.90. The van der Waals surface area contributed by atoms with Crippen molar-refractivity contribution < 1.29 is 0 Å². The highest BCUT2D eigenvalue weighted by molar-refractivity contribution is 5.46. The Morgan fingerprint density at radius 1 is 0.933 bits per heavy atom. The zero-order valence-electron chi connectivity index (χ0n) is 8.90. The van der Waals surface area contributed by atoms with E-state index in [9.17, 15) is 4.79 Å². The van der Waals surface area contributed by atoms with Crippen LogP contribution in [0.5, 0.6) is 0 Å². The summed E-state index contributed by atoms with van der Waals surface area (Å²) >= 11 is 0. The van der Waals surface area contributed by atoms with Crippen LogP contribution in [0.4, 0.5) is 0 Å². The second-order valence-electron chi connectivity index (χ2n) is 3.65. The first-order valence-corrected chi connectivity index (χ1v) is 4.94. The summed E-state index contributed by atoms with van der Waals surface area (Å²) in [6.45, 7) is 4.03. The second-order valence-corrected chi connectivity index (χ2v) is 3.65. The number of aromatic nitrogens is 1. The SMILES string of the molecule is Cc1cccc(C)c1-n1ccccc1=O. The summed E-state index contributed by atoms with van der Waals surface area (Å²) in [5.41, 5.74) is 3.23. The van der Waals surface area contributed by atoms with Gasteiger partial charge in [0, 0.05) is 12.3 Å². The predicted octanol–water partition coefficient (Wildman–Crippen LogP) is 2.45. The fourth-order valence-electron chi connectivity index (χ4n) is 1.80. The fourth-order valence-corrected chi connectivity index (χ4v) is 1.80. The minimum Gasteiger partial charge on any atom is -0.284 e. The van der Waals surface area contributed by atoms with Crippen LogP contribution in [0, 0.1) is 13.8 Å². The van der Waals surface area contributed by atoms with Crippen molar-refractivity contribution in [3.63, 3.8) is 0 Å². The van der Waals surface area contributed by atoms with Crippen molar-refractivity contribution in [2.75, 3.05) is 0 Å². The van der Waals surface area contributed by atoms with Gasteiger partial charge in [0.2, 0.25) is 0 Å². The van der Waals surface area contributed by atoms with Crippen molar-refractivity contribution in [2.24, 2.45) is 0 Å². The molecule has 15 heavy (non-hydrogen) atoms. The average Bonchev–Trinajstić information content (AvgIpc) is 2.20. The summed E-state index contributed by atoms with van der Waals surface area (Å²) in [4.78, 5) is 11.7. The zero-order chi connectivity index (χ0) is 10.8. The second kappa shape index (κ2) is 3.73. The van der Waals surface area contributed by atoms with Crippen LogP contribution in [0.2, 0.25) is 0 Å². The first-order valence-electron chi connectivity index (χ1n) is 4.94. The van der Waals surface area contributed by atoms with E-state index in [1.165, 1.54) is 0 Å². The van der Waals surface area contributed by atoms with Gasteiger partial charge in [0.25, 0.3) is 5.56 Å². The van der Waals surface area contributed by atoms with E-state index in [0.29, 0.717) is 0 Å². The summed E-state index contributed by atoms with van der Waals surface area (Å²) in [5, 5.41) is 0. The van der Waals surface area contributed by atoms with Gasteiger partial charge in [-0.05, 0) is 31.0 Å². The predicted molar refractivity (Wildman–Crippen MR) is 61.5 cm³/mol. The number of hydrogen-bond donors (Lipinski definition) is 0. The Kier molecular flexibility index (Phi) is 2.42. The number of hydrogen-bond acceptors (Lipinski definition) is 1. The van der Waals surface area contributed by atoms with E-state index in [0.717, 1.165) is 16.8 Å². The molecule has 76 valence electrons. The van der Waals surface area contributed by atoms with Crippen LogP contribution in [0.15, 0.2) is 47.4 Å².